The van der Waals surface area contributed by atoms with Crippen molar-refractivity contribution in [1.29, 1.82) is 0 Å². The molecule has 4 rings (SSSR count). The van der Waals surface area contributed by atoms with E-state index < -0.39 is 74.4 Å². The summed E-state index contributed by atoms with van der Waals surface area (Å²) in [7, 11) is -3.74. The molecule has 2 unspecified atom stereocenters. The Balaban J connectivity index is 1.54. The number of piperidine rings is 1. The molecule has 1 aromatic rings. The van der Waals surface area contributed by atoms with Gasteiger partial charge in [0.25, 0.3) is 5.91 Å². The van der Waals surface area contributed by atoms with Gasteiger partial charge in [0.1, 0.15) is 12.1 Å². The van der Waals surface area contributed by atoms with Crippen LogP contribution >= 0.6 is 0 Å². The second kappa shape index (κ2) is 12.9. The van der Waals surface area contributed by atoms with Crippen molar-refractivity contribution in [2.45, 2.75) is 104 Å². The van der Waals surface area contributed by atoms with Gasteiger partial charge in [-0.2, -0.15) is 0 Å². The van der Waals surface area contributed by atoms with E-state index in [0.717, 1.165) is 12.8 Å². The van der Waals surface area contributed by atoms with Gasteiger partial charge < -0.3 is 26.6 Å². The highest BCUT2D eigenvalue weighted by Crippen LogP contribution is 2.65. The number of hydrogen-bond donors (Lipinski definition) is 4. The number of carbonyl (C=O) groups is 5. The van der Waals surface area contributed by atoms with Crippen LogP contribution in [0.15, 0.2) is 35.2 Å². The van der Waals surface area contributed by atoms with Crippen molar-refractivity contribution in [1.82, 2.24) is 20.9 Å². The molecule has 6 atom stereocenters. The lowest BCUT2D eigenvalue weighted by atomic mass is 9.85. The molecule has 5 N–H and O–H groups in total. The summed E-state index contributed by atoms with van der Waals surface area (Å²) < 4.78 is 26.4. The predicted molar refractivity (Wildman–Crippen MR) is 176 cm³/mol. The summed E-state index contributed by atoms with van der Waals surface area (Å²) in [6.07, 6.45) is 2.12. The summed E-state index contributed by atoms with van der Waals surface area (Å²) in [5, 5.41) is 8.35. The van der Waals surface area contributed by atoms with E-state index in [0.29, 0.717) is 13.0 Å². The van der Waals surface area contributed by atoms with Crippen LogP contribution in [0.4, 0.5) is 4.79 Å². The molecule has 13 heteroatoms. The molecule has 1 saturated heterocycles. The van der Waals surface area contributed by atoms with Crippen LogP contribution in [-0.4, -0.2) is 79.3 Å². The Morgan fingerprint density at radius 2 is 1.53 bits per heavy atom. The Morgan fingerprint density at radius 3 is 2.04 bits per heavy atom. The number of urea groups is 1. The maximum atomic E-state index is 14.3. The van der Waals surface area contributed by atoms with Gasteiger partial charge >= 0.3 is 6.03 Å². The number of carbonyl (C=O) groups excluding carboxylic acids is 5. The first-order valence-corrected chi connectivity index (χ1v) is 18.0. The summed E-state index contributed by atoms with van der Waals surface area (Å²) in [5.74, 6) is -3.20. The highest BCUT2D eigenvalue weighted by atomic mass is 32.2. The van der Waals surface area contributed by atoms with E-state index in [1.165, 1.54) is 17.0 Å². The minimum absolute atomic E-state index is 0.0406. The summed E-state index contributed by atoms with van der Waals surface area (Å²) in [6.45, 7) is 15.2. The predicted octanol–water partition coefficient (Wildman–Crippen LogP) is 2.41. The molecule has 5 amide bonds. The highest BCUT2D eigenvalue weighted by molar-refractivity contribution is 7.91. The van der Waals surface area contributed by atoms with Gasteiger partial charge in [-0.25, -0.2) is 13.2 Å². The lowest BCUT2D eigenvalue weighted by Gasteiger charge is -2.38. The largest absolute Gasteiger partial charge is 0.363 e. The number of nitrogens with two attached hydrogens (primary N) is 1. The Labute approximate surface area is 278 Å². The molecule has 260 valence electrons. The lowest BCUT2D eigenvalue weighted by molar-refractivity contribution is -0.145. The second-order valence-corrected chi connectivity index (χ2v) is 18.3. The first kappa shape index (κ1) is 36.4. The number of ketones is 1. The third-order valence-corrected chi connectivity index (χ3v) is 11.9. The van der Waals surface area contributed by atoms with Crippen molar-refractivity contribution in [3.8, 4) is 0 Å². The molecular weight excluding hydrogens is 622 g/mol. The third-order valence-electron chi connectivity index (χ3n) is 10.1. The van der Waals surface area contributed by atoms with E-state index in [9.17, 15) is 32.4 Å². The summed E-state index contributed by atoms with van der Waals surface area (Å²) in [4.78, 5) is 67.7. The van der Waals surface area contributed by atoms with Crippen LogP contribution in [0.25, 0.3) is 0 Å². The number of hydrogen-bond acceptors (Lipinski definition) is 7. The maximum absolute atomic E-state index is 14.3. The van der Waals surface area contributed by atoms with Crippen molar-refractivity contribution in [2.24, 2.45) is 39.7 Å². The van der Waals surface area contributed by atoms with Gasteiger partial charge in [0.15, 0.2) is 9.84 Å². The summed E-state index contributed by atoms with van der Waals surface area (Å²) in [5.41, 5.74) is 3.64. The van der Waals surface area contributed by atoms with Crippen molar-refractivity contribution in [3.63, 3.8) is 0 Å². The molecule has 3 aliphatic rings. The van der Waals surface area contributed by atoms with Gasteiger partial charge in [-0.3, -0.25) is 19.2 Å². The average molecular weight is 674 g/mol. The van der Waals surface area contributed by atoms with Gasteiger partial charge in [-0.05, 0) is 52.6 Å². The van der Waals surface area contributed by atoms with Crippen LogP contribution in [0, 0.1) is 34.0 Å². The molecule has 0 spiro atoms. The Hall–Kier alpha value is -3.48. The number of likely N-dealkylation sites (tertiary alicyclic amines) is 1. The molecule has 12 nitrogen and oxygen atoms in total. The fraction of sp³-hybridized carbons (Fsp3) is 0.676. The van der Waals surface area contributed by atoms with E-state index in [1.54, 1.807) is 39.0 Å². The number of amides is 5. The van der Waals surface area contributed by atoms with Gasteiger partial charge in [0.05, 0.1) is 16.7 Å². The normalized spacial score (nSPS) is 23.9. The molecule has 3 fully saturated rings. The minimum Gasteiger partial charge on any atom is -0.363 e. The van der Waals surface area contributed by atoms with E-state index in [2.05, 4.69) is 16.0 Å². The molecule has 0 bridgehead atoms. The highest BCUT2D eigenvalue weighted by Gasteiger charge is 2.70. The molecule has 0 aromatic heterocycles. The lowest BCUT2D eigenvalue weighted by Crippen LogP contribution is -2.62. The molecule has 1 aliphatic heterocycles. The van der Waals surface area contributed by atoms with Crippen molar-refractivity contribution in [3.05, 3.63) is 30.3 Å². The first-order chi connectivity index (χ1) is 21.6. The van der Waals surface area contributed by atoms with Crippen LogP contribution in [0.2, 0.25) is 0 Å². The topological polar surface area (TPSA) is 185 Å². The van der Waals surface area contributed by atoms with E-state index in [4.69, 9.17) is 5.73 Å². The average Bonchev–Trinajstić information content (AvgIpc) is 3.81. The van der Waals surface area contributed by atoms with Crippen LogP contribution in [0.5, 0.6) is 0 Å². The number of fused-ring (bicyclic) bond motifs is 1. The molecule has 0 radical (unpaired) electrons. The van der Waals surface area contributed by atoms with Crippen LogP contribution in [0.3, 0.4) is 0 Å². The van der Waals surface area contributed by atoms with Crippen LogP contribution in [0.1, 0.15) is 74.7 Å². The molecule has 1 aromatic carbocycles. The van der Waals surface area contributed by atoms with E-state index in [1.807, 2.05) is 34.6 Å². The standard InChI is InChI=1S/C34H51N5O7S/c1-32(2,3)23(18-47(45,46)20-12-10-9-11-13-20)37-31(44)38-27(33(4,5)6)30(43)39-17-21-24(34(21,7)8)25(39)29(42)36-22(16-19-14-15-19)26(40)28(35)41/h9-13,19,21-25,27H,14-18H2,1-8H3,(H2,35,41)(H,36,42)(H2,37,38,44)/t21-,22?,23?,24-,25-,27+/m0/s1. The second-order valence-electron chi connectivity index (χ2n) is 16.3. The van der Waals surface area contributed by atoms with Gasteiger partial charge in [-0.15, -0.1) is 0 Å². The molecule has 2 saturated carbocycles. The fourth-order valence-electron chi connectivity index (χ4n) is 6.76. The van der Waals surface area contributed by atoms with Crippen LogP contribution < -0.4 is 21.7 Å². The van der Waals surface area contributed by atoms with E-state index >= 15 is 0 Å². The van der Waals surface area contributed by atoms with Crippen molar-refractivity contribution in [2.75, 3.05) is 12.3 Å². The van der Waals surface area contributed by atoms with E-state index in [-0.39, 0.29) is 33.8 Å². The number of primary amides is 1. The monoisotopic (exact) mass is 673 g/mol. The Bertz CT molecular complexity index is 1510. The molecule has 2 aliphatic carbocycles. The zero-order valence-corrected chi connectivity index (χ0v) is 29.6. The fourth-order valence-corrected chi connectivity index (χ4v) is 8.54. The smallest absolute Gasteiger partial charge is 0.315 e. The number of benzene rings is 1. The maximum Gasteiger partial charge on any atom is 0.315 e. The number of rotatable bonds is 12. The SMILES string of the molecule is CC(C)(C)C(CS(=O)(=O)c1ccccc1)NC(=O)N[C@H](C(=O)N1C[C@H]2[C@@H]([C@H]1C(=O)NC(CC1CC1)C(=O)C(N)=O)C2(C)C)C(C)(C)C. The van der Waals surface area contributed by atoms with Gasteiger partial charge in [-0.1, -0.05) is 86.4 Å². The molecule has 47 heavy (non-hydrogen) atoms. The Morgan fingerprint density at radius 1 is 0.936 bits per heavy atom. The minimum atomic E-state index is -3.74. The van der Waals surface area contributed by atoms with Crippen LogP contribution in [-0.2, 0) is 29.0 Å². The zero-order valence-electron chi connectivity index (χ0n) is 28.8. The number of nitrogens with zero attached hydrogens (tertiary/aromatic N) is 1. The summed E-state index contributed by atoms with van der Waals surface area (Å²) >= 11 is 0. The van der Waals surface area contributed by atoms with Crippen molar-refractivity contribution >= 4 is 39.4 Å². The van der Waals surface area contributed by atoms with Gasteiger partial charge in [0.2, 0.25) is 17.6 Å². The number of nitrogens with one attached hydrogen (secondary N) is 3. The zero-order chi connectivity index (χ0) is 35.3. The Kier molecular flexibility index (Phi) is 9.94. The molecule has 1 heterocycles. The molecular formula is C34H51N5O7S. The quantitative estimate of drug-likeness (QED) is 0.246. The van der Waals surface area contributed by atoms with Gasteiger partial charge in [0, 0.05) is 12.6 Å². The number of sulfone groups is 1. The van der Waals surface area contributed by atoms with Crippen molar-refractivity contribution < 1.29 is 32.4 Å². The third kappa shape index (κ3) is 8.16. The summed E-state index contributed by atoms with van der Waals surface area (Å²) in [6, 6.07) is 3.48. The number of Topliss-reactive ketones (excluding diaryl/α,β-unsaturated/α-hetero) is 1. The first-order valence-electron chi connectivity index (χ1n) is 16.3.